The van der Waals surface area contributed by atoms with Gasteiger partial charge < -0.3 is 10.1 Å². The zero-order chi connectivity index (χ0) is 10.8. The van der Waals surface area contributed by atoms with Crippen molar-refractivity contribution in [1.29, 1.82) is 0 Å². The average Bonchev–Trinajstić information content (AvgIpc) is 2.80. The van der Waals surface area contributed by atoms with Crippen molar-refractivity contribution < 1.29 is 4.74 Å². The number of nitrogens with one attached hydrogen (secondary N) is 1. The van der Waals surface area contributed by atoms with Crippen LogP contribution in [-0.2, 0) is 11.8 Å². The normalized spacial score (nSPS) is 28.2. The molecule has 0 aromatic carbocycles. The molecule has 4 nitrogen and oxygen atoms in total. The Morgan fingerprint density at radius 2 is 2.47 bits per heavy atom. The van der Waals surface area contributed by atoms with Crippen molar-refractivity contribution in [2.75, 3.05) is 13.7 Å². The van der Waals surface area contributed by atoms with E-state index in [4.69, 9.17) is 4.74 Å². The van der Waals surface area contributed by atoms with Gasteiger partial charge in [0.15, 0.2) is 0 Å². The minimum atomic E-state index is 0.331. The molecule has 1 aromatic heterocycles. The molecule has 1 fully saturated rings. The predicted octanol–water partition coefficient (Wildman–Crippen LogP) is 1.11. The Morgan fingerprint density at radius 3 is 2.93 bits per heavy atom. The van der Waals surface area contributed by atoms with E-state index in [1.54, 1.807) is 0 Å². The lowest BCUT2D eigenvalue weighted by Gasteiger charge is -2.25. The standard InChI is InChI=1S/C11H19N3O/c1-8-9(5-7-15-8)11(12-2)10-4-6-13-14(10)3/h4,6,8-9,11-12H,5,7H2,1-3H3. The monoisotopic (exact) mass is 209 g/mol. The Morgan fingerprint density at radius 1 is 1.67 bits per heavy atom. The van der Waals surface area contributed by atoms with Crippen LogP contribution in [0.1, 0.15) is 25.1 Å². The van der Waals surface area contributed by atoms with Crippen molar-refractivity contribution in [2.24, 2.45) is 13.0 Å². The molecule has 2 rings (SSSR count). The molecule has 84 valence electrons. The minimum Gasteiger partial charge on any atom is -0.378 e. The van der Waals surface area contributed by atoms with Gasteiger partial charge in [0.25, 0.3) is 0 Å². The zero-order valence-corrected chi connectivity index (χ0v) is 9.60. The summed E-state index contributed by atoms with van der Waals surface area (Å²) in [6.07, 6.45) is 3.30. The van der Waals surface area contributed by atoms with E-state index in [1.165, 1.54) is 5.69 Å². The third kappa shape index (κ3) is 1.92. The molecule has 2 heterocycles. The number of nitrogens with zero attached hydrogens (tertiary/aromatic N) is 2. The first-order valence-electron chi connectivity index (χ1n) is 5.51. The van der Waals surface area contributed by atoms with Crippen LogP contribution >= 0.6 is 0 Å². The third-order valence-corrected chi connectivity index (χ3v) is 3.35. The lowest BCUT2D eigenvalue weighted by atomic mass is 9.91. The molecule has 15 heavy (non-hydrogen) atoms. The molecular formula is C11H19N3O. The molecule has 4 heteroatoms. The second kappa shape index (κ2) is 4.33. The van der Waals surface area contributed by atoms with Gasteiger partial charge in [-0.3, -0.25) is 4.68 Å². The maximum Gasteiger partial charge on any atom is 0.0594 e. The van der Waals surface area contributed by atoms with E-state index < -0.39 is 0 Å². The Kier molecular flexibility index (Phi) is 3.07. The SMILES string of the molecule is CNC(c1ccnn1C)C1CCOC1C. The predicted molar refractivity (Wildman–Crippen MR) is 58.5 cm³/mol. The molecule has 0 aliphatic carbocycles. The molecular weight excluding hydrogens is 190 g/mol. The van der Waals surface area contributed by atoms with Gasteiger partial charge in [-0.05, 0) is 26.5 Å². The smallest absolute Gasteiger partial charge is 0.0594 e. The Bertz CT molecular complexity index is 323. The topological polar surface area (TPSA) is 39.1 Å². The fourth-order valence-electron chi connectivity index (χ4n) is 2.46. The second-order valence-electron chi connectivity index (χ2n) is 4.17. The summed E-state index contributed by atoms with van der Waals surface area (Å²) < 4.78 is 7.55. The largest absolute Gasteiger partial charge is 0.378 e. The lowest BCUT2D eigenvalue weighted by molar-refractivity contribution is 0.0954. The van der Waals surface area contributed by atoms with Crippen LogP contribution < -0.4 is 5.32 Å². The van der Waals surface area contributed by atoms with Crippen LogP contribution in [0.5, 0.6) is 0 Å². The summed E-state index contributed by atoms with van der Waals surface area (Å²) in [7, 11) is 3.99. The van der Waals surface area contributed by atoms with E-state index in [-0.39, 0.29) is 0 Å². The summed E-state index contributed by atoms with van der Waals surface area (Å²) in [6.45, 7) is 3.03. The highest BCUT2D eigenvalue weighted by Crippen LogP contribution is 2.32. The fourth-order valence-corrected chi connectivity index (χ4v) is 2.46. The van der Waals surface area contributed by atoms with Gasteiger partial charge in [0.05, 0.1) is 17.8 Å². The van der Waals surface area contributed by atoms with Crippen LogP contribution in [-0.4, -0.2) is 29.5 Å². The van der Waals surface area contributed by atoms with E-state index in [9.17, 15) is 0 Å². The van der Waals surface area contributed by atoms with Gasteiger partial charge in [0, 0.05) is 25.8 Å². The lowest BCUT2D eigenvalue weighted by Crippen LogP contribution is -2.31. The van der Waals surface area contributed by atoms with Crippen LogP contribution in [0, 0.1) is 5.92 Å². The van der Waals surface area contributed by atoms with Crippen molar-refractivity contribution in [2.45, 2.75) is 25.5 Å². The Labute approximate surface area is 90.6 Å². The highest BCUT2D eigenvalue weighted by molar-refractivity contribution is 5.09. The van der Waals surface area contributed by atoms with Crippen LogP contribution in [0.2, 0.25) is 0 Å². The summed E-state index contributed by atoms with van der Waals surface area (Å²) in [5.74, 6) is 0.547. The maximum absolute atomic E-state index is 5.62. The summed E-state index contributed by atoms with van der Waals surface area (Å²) >= 11 is 0. The Hall–Kier alpha value is -0.870. The fraction of sp³-hybridized carbons (Fsp3) is 0.727. The van der Waals surface area contributed by atoms with E-state index >= 15 is 0 Å². The molecule has 0 saturated carbocycles. The molecule has 1 aliphatic rings. The highest BCUT2D eigenvalue weighted by Gasteiger charge is 2.33. The van der Waals surface area contributed by atoms with Crippen LogP contribution in [0.15, 0.2) is 12.3 Å². The second-order valence-corrected chi connectivity index (χ2v) is 4.17. The summed E-state index contributed by atoms with van der Waals surface area (Å²) in [5.41, 5.74) is 1.24. The first-order chi connectivity index (χ1) is 7.24. The summed E-state index contributed by atoms with van der Waals surface area (Å²) in [4.78, 5) is 0. The first kappa shape index (κ1) is 10.6. The highest BCUT2D eigenvalue weighted by atomic mass is 16.5. The first-order valence-corrected chi connectivity index (χ1v) is 5.51. The van der Waals surface area contributed by atoms with Crippen LogP contribution in [0.25, 0.3) is 0 Å². The number of rotatable bonds is 3. The van der Waals surface area contributed by atoms with Gasteiger partial charge in [0.2, 0.25) is 0 Å². The summed E-state index contributed by atoms with van der Waals surface area (Å²) in [6, 6.07) is 2.42. The van der Waals surface area contributed by atoms with E-state index in [1.807, 2.05) is 25.0 Å². The van der Waals surface area contributed by atoms with Gasteiger partial charge >= 0.3 is 0 Å². The molecule has 3 unspecified atom stereocenters. The Balaban J connectivity index is 2.20. The third-order valence-electron chi connectivity index (χ3n) is 3.35. The van der Waals surface area contributed by atoms with Crippen molar-refractivity contribution >= 4 is 0 Å². The molecule has 1 N–H and O–H groups in total. The van der Waals surface area contributed by atoms with E-state index in [2.05, 4.69) is 23.4 Å². The van der Waals surface area contributed by atoms with Crippen molar-refractivity contribution in [3.8, 4) is 0 Å². The summed E-state index contributed by atoms with van der Waals surface area (Å²) in [5, 5.41) is 7.59. The molecule has 0 radical (unpaired) electrons. The van der Waals surface area contributed by atoms with E-state index in [0.29, 0.717) is 18.1 Å². The molecule has 0 spiro atoms. The molecule has 1 aromatic rings. The molecule has 0 amide bonds. The number of aromatic nitrogens is 2. The molecule has 1 aliphatic heterocycles. The van der Waals surface area contributed by atoms with Gasteiger partial charge in [0.1, 0.15) is 0 Å². The van der Waals surface area contributed by atoms with Gasteiger partial charge in [-0.2, -0.15) is 5.10 Å². The number of aryl methyl sites for hydroxylation is 1. The van der Waals surface area contributed by atoms with Crippen LogP contribution in [0.3, 0.4) is 0 Å². The van der Waals surface area contributed by atoms with Gasteiger partial charge in [-0.1, -0.05) is 0 Å². The average molecular weight is 209 g/mol. The zero-order valence-electron chi connectivity index (χ0n) is 9.60. The van der Waals surface area contributed by atoms with Crippen molar-refractivity contribution in [3.05, 3.63) is 18.0 Å². The quantitative estimate of drug-likeness (QED) is 0.810. The molecule has 3 atom stereocenters. The van der Waals surface area contributed by atoms with Crippen molar-refractivity contribution in [3.63, 3.8) is 0 Å². The molecule has 0 bridgehead atoms. The number of ether oxygens (including phenoxy) is 1. The number of hydrogen-bond acceptors (Lipinski definition) is 3. The maximum atomic E-state index is 5.62. The number of hydrogen-bond donors (Lipinski definition) is 1. The van der Waals surface area contributed by atoms with Crippen molar-refractivity contribution in [1.82, 2.24) is 15.1 Å². The van der Waals surface area contributed by atoms with E-state index in [0.717, 1.165) is 13.0 Å². The van der Waals surface area contributed by atoms with Crippen LogP contribution in [0.4, 0.5) is 0 Å². The van der Waals surface area contributed by atoms with Gasteiger partial charge in [-0.25, -0.2) is 0 Å². The minimum absolute atomic E-state index is 0.331. The molecule has 1 saturated heterocycles. The van der Waals surface area contributed by atoms with Gasteiger partial charge in [-0.15, -0.1) is 0 Å².